The minimum Gasteiger partial charge on any atom is -0.475 e. The number of hydrogen-bond donors (Lipinski definition) is 2. The average Bonchev–Trinajstić information content (AvgIpc) is 3.93. The fourth-order valence-electron chi connectivity index (χ4n) is 10.0. The van der Waals surface area contributed by atoms with Gasteiger partial charge in [-0.3, -0.25) is 4.79 Å². The van der Waals surface area contributed by atoms with Gasteiger partial charge in [0.25, 0.3) is 0 Å². The summed E-state index contributed by atoms with van der Waals surface area (Å²) in [6, 6.07) is 16.6. The molecule has 1 spiro atoms. The third-order valence-electron chi connectivity index (χ3n) is 12.9. The second-order valence-electron chi connectivity index (χ2n) is 17.7. The monoisotopic (exact) mass is 695 g/mol. The Bertz CT molecular complexity index is 1590. The number of Topliss-reactive ketones (excluding diaryl/α,β-unsaturated/α-hetero) is 1. The van der Waals surface area contributed by atoms with Gasteiger partial charge >= 0.3 is 0 Å². The maximum absolute atomic E-state index is 12.3. The smallest absolute Gasteiger partial charge is 0.184 e. The average molecular weight is 696 g/mol. The largest absolute Gasteiger partial charge is 0.475 e. The summed E-state index contributed by atoms with van der Waals surface area (Å²) in [5.41, 5.74) is 7.49. The number of rotatable bonds is 8. The third-order valence-corrected chi connectivity index (χ3v) is 12.9. The van der Waals surface area contributed by atoms with Crippen LogP contribution in [0.25, 0.3) is 0 Å². The van der Waals surface area contributed by atoms with Crippen molar-refractivity contribution in [1.82, 2.24) is 0 Å². The molecule has 1 saturated heterocycles. The number of ketones is 1. The van der Waals surface area contributed by atoms with Gasteiger partial charge in [0.15, 0.2) is 17.5 Å². The highest BCUT2D eigenvalue weighted by atomic mass is 16.7. The van der Waals surface area contributed by atoms with E-state index in [1.807, 2.05) is 24.3 Å². The first-order valence-corrected chi connectivity index (χ1v) is 19.9. The first-order chi connectivity index (χ1) is 24.4. The van der Waals surface area contributed by atoms with Crippen LogP contribution in [0.15, 0.2) is 72.1 Å². The van der Waals surface area contributed by atoms with Crippen molar-refractivity contribution in [3.8, 4) is 0 Å². The van der Waals surface area contributed by atoms with Gasteiger partial charge in [-0.1, -0.05) is 76.5 Å². The molecule has 0 aromatic heterocycles. The standard InChI is InChI=1S/C42H53NO5.C3H8/c1-26(43-32-14-11-30(12-15-32)39(45)29-9-10-29)46-23-27-5-7-28(8-6-27)35-22-41(4)36(17-18-37(41)44)34-16-13-31-21-42(20-19-33(31)38(34)35)47-24-40(2,3)25-48-42;1-3-2/h5-8,11-12,14-15,29,31,34-37,43-44H,1,9-10,13,16-25H2,2-4H3;3H2,1-2H3. The molecule has 2 N–H and O–H groups in total. The highest BCUT2D eigenvalue weighted by molar-refractivity contribution is 5.99. The number of anilines is 1. The molecule has 0 amide bonds. The lowest BCUT2D eigenvalue weighted by Crippen LogP contribution is -2.52. The third kappa shape index (κ3) is 7.48. The van der Waals surface area contributed by atoms with Crippen molar-refractivity contribution in [1.29, 1.82) is 0 Å². The molecule has 6 nitrogen and oxygen atoms in total. The molecule has 2 aromatic carbocycles. The van der Waals surface area contributed by atoms with Crippen molar-refractivity contribution in [3.63, 3.8) is 0 Å². The number of fused-ring (bicyclic) bond motifs is 4. The molecule has 1 heterocycles. The van der Waals surface area contributed by atoms with Gasteiger partial charge < -0.3 is 24.6 Å². The molecular weight excluding hydrogens is 634 g/mol. The topological polar surface area (TPSA) is 77.0 Å². The SMILES string of the molecule is C=C(Nc1ccc(C(=O)C2CC2)cc1)OCc1ccc(C2CC3(C)C(O)CCC3C3CCC4CC5(CCC4=C23)OCC(C)(C)CO5)cc1.CCC. The van der Waals surface area contributed by atoms with Crippen LogP contribution in [-0.2, 0) is 20.8 Å². The Morgan fingerprint density at radius 2 is 1.61 bits per heavy atom. The second-order valence-corrected chi connectivity index (χ2v) is 17.7. The Balaban J connectivity index is 0.00000131. The fraction of sp³-hybridized carbons (Fsp3) is 0.622. The molecule has 0 bridgehead atoms. The molecule has 51 heavy (non-hydrogen) atoms. The normalized spacial score (nSPS) is 31.8. The number of aliphatic hydroxyl groups is 1. The van der Waals surface area contributed by atoms with Crippen molar-refractivity contribution in [2.24, 2.45) is 34.5 Å². The highest BCUT2D eigenvalue weighted by Gasteiger charge is 2.57. The van der Waals surface area contributed by atoms with Gasteiger partial charge in [0, 0.05) is 41.3 Å². The van der Waals surface area contributed by atoms with E-state index in [1.54, 1.807) is 11.1 Å². The summed E-state index contributed by atoms with van der Waals surface area (Å²) < 4.78 is 19.0. The first kappa shape index (κ1) is 36.4. The minimum absolute atomic E-state index is 0.0438. The molecule has 8 rings (SSSR count). The van der Waals surface area contributed by atoms with Gasteiger partial charge in [0.1, 0.15) is 6.61 Å². The number of ether oxygens (including phenoxy) is 3. The Morgan fingerprint density at radius 3 is 2.27 bits per heavy atom. The van der Waals surface area contributed by atoms with Crippen molar-refractivity contribution >= 4 is 11.5 Å². The summed E-state index contributed by atoms with van der Waals surface area (Å²) in [4.78, 5) is 12.3. The van der Waals surface area contributed by atoms with Crippen molar-refractivity contribution in [2.75, 3.05) is 18.5 Å². The summed E-state index contributed by atoms with van der Waals surface area (Å²) in [6.07, 6.45) is 11.5. The fourth-order valence-corrected chi connectivity index (χ4v) is 10.0. The maximum Gasteiger partial charge on any atom is 0.184 e. The van der Waals surface area contributed by atoms with Crippen LogP contribution in [0.1, 0.15) is 133 Å². The van der Waals surface area contributed by atoms with Gasteiger partial charge in [-0.15, -0.1) is 0 Å². The lowest BCUT2D eigenvalue weighted by atomic mass is 9.52. The molecule has 2 aromatic rings. The van der Waals surface area contributed by atoms with Crippen LogP contribution in [0.4, 0.5) is 5.69 Å². The van der Waals surface area contributed by atoms with Crippen LogP contribution in [0.3, 0.4) is 0 Å². The van der Waals surface area contributed by atoms with E-state index >= 15 is 0 Å². The number of hydrogen-bond acceptors (Lipinski definition) is 6. The Labute approximate surface area is 306 Å². The predicted octanol–water partition coefficient (Wildman–Crippen LogP) is 10.3. The number of nitrogens with one attached hydrogen (secondary N) is 1. The Hall–Kier alpha value is -2.93. The number of carbonyl (C=O) groups excluding carboxylic acids is 1. The van der Waals surface area contributed by atoms with E-state index in [-0.39, 0.29) is 28.6 Å². The zero-order chi connectivity index (χ0) is 36.0. The molecule has 6 aliphatic rings. The molecule has 5 aliphatic carbocycles. The van der Waals surface area contributed by atoms with E-state index in [0.717, 1.165) is 81.4 Å². The summed E-state index contributed by atoms with van der Waals surface area (Å²) >= 11 is 0. The molecule has 5 fully saturated rings. The van der Waals surface area contributed by atoms with Crippen LogP contribution in [0, 0.1) is 34.5 Å². The van der Waals surface area contributed by atoms with Crippen LogP contribution in [-0.4, -0.2) is 36.0 Å². The summed E-state index contributed by atoms with van der Waals surface area (Å²) in [6.45, 7) is 17.1. The number of carbonyl (C=O) groups is 1. The number of benzene rings is 2. The first-order valence-electron chi connectivity index (χ1n) is 19.9. The molecule has 1 aliphatic heterocycles. The zero-order valence-corrected chi connectivity index (χ0v) is 31.8. The summed E-state index contributed by atoms with van der Waals surface area (Å²) in [5, 5.41) is 14.5. The predicted molar refractivity (Wildman–Crippen MR) is 203 cm³/mol. The summed E-state index contributed by atoms with van der Waals surface area (Å²) in [5.74, 6) is 2.49. The molecule has 6 atom stereocenters. The molecule has 6 heteroatoms. The molecule has 6 unspecified atom stereocenters. The summed E-state index contributed by atoms with van der Waals surface area (Å²) in [7, 11) is 0. The molecule has 4 saturated carbocycles. The minimum atomic E-state index is -0.418. The highest BCUT2D eigenvalue weighted by Crippen LogP contribution is 2.65. The van der Waals surface area contributed by atoms with Gasteiger partial charge in [-0.05, 0) is 117 Å². The Kier molecular flexibility index (Phi) is 10.3. The van der Waals surface area contributed by atoms with E-state index in [9.17, 15) is 9.90 Å². The van der Waals surface area contributed by atoms with Crippen LogP contribution in [0.5, 0.6) is 0 Å². The van der Waals surface area contributed by atoms with Crippen molar-refractivity contribution in [3.05, 3.63) is 88.8 Å². The zero-order valence-electron chi connectivity index (χ0n) is 31.8. The van der Waals surface area contributed by atoms with Crippen LogP contribution >= 0.6 is 0 Å². The quantitative estimate of drug-likeness (QED) is 0.163. The van der Waals surface area contributed by atoms with Crippen molar-refractivity contribution in [2.45, 2.75) is 130 Å². The van der Waals surface area contributed by atoms with E-state index in [0.29, 0.717) is 36.2 Å². The van der Waals surface area contributed by atoms with Gasteiger partial charge in [0.2, 0.25) is 0 Å². The maximum atomic E-state index is 12.3. The molecule has 0 radical (unpaired) electrons. The number of aliphatic hydroxyl groups excluding tert-OH is 1. The second kappa shape index (κ2) is 14.5. The van der Waals surface area contributed by atoms with Crippen LogP contribution < -0.4 is 5.32 Å². The van der Waals surface area contributed by atoms with Crippen LogP contribution in [0.2, 0.25) is 0 Å². The van der Waals surface area contributed by atoms with Gasteiger partial charge in [-0.25, -0.2) is 0 Å². The molecule has 276 valence electrons. The van der Waals surface area contributed by atoms with E-state index < -0.39 is 5.79 Å². The van der Waals surface area contributed by atoms with Gasteiger partial charge in [0.05, 0.1) is 19.3 Å². The van der Waals surface area contributed by atoms with Crippen molar-refractivity contribution < 1.29 is 24.1 Å². The van der Waals surface area contributed by atoms with E-state index in [1.165, 1.54) is 24.8 Å². The van der Waals surface area contributed by atoms with E-state index in [4.69, 9.17) is 14.2 Å². The molecular formula is C45H61NO5. The van der Waals surface area contributed by atoms with Gasteiger partial charge in [-0.2, -0.15) is 0 Å². The lowest BCUT2D eigenvalue weighted by Gasteiger charge is -2.55. The van der Waals surface area contributed by atoms with E-state index in [2.05, 4.69) is 70.8 Å². The Morgan fingerprint density at radius 1 is 0.922 bits per heavy atom. The number of allylic oxidation sites excluding steroid dienone is 2. The lowest BCUT2D eigenvalue weighted by molar-refractivity contribution is -0.312.